The molecule has 5 heteroatoms. The maximum atomic E-state index is 12.3. The highest BCUT2D eigenvalue weighted by atomic mass is 16.5. The van der Waals surface area contributed by atoms with Gasteiger partial charge in [-0.15, -0.1) is 0 Å². The van der Waals surface area contributed by atoms with E-state index in [1.54, 1.807) is 48.5 Å². The van der Waals surface area contributed by atoms with E-state index in [4.69, 9.17) is 10.3 Å². The molecule has 23 heavy (non-hydrogen) atoms. The molecule has 0 fully saturated rings. The van der Waals surface area contributed by atoms with E-state index in [9.17, 15) is 9.59 Å². The molecule has 3 rings (SSSR count). The summed E-state index contributed by atoms with van der Waals surface area (Å²) in [5.41, 5.74) is 10.7. The Morgan fingerprint density at radius 3 is 2.48 bits per heavy atom. The standard InChI is InChI=1S/C18H12N2O3/c1-11-6-8-13(9-7-11)23-18(22)15-10-12-4-2-3-5-14(12)17(21)16(15)20-19/h2-10H,1H3. The third-order valence-corrected chi connectivity index (χ3v) is 3.53. The molecule has 0 unspecified atom stereocenters. The van der Waals surface area contributed by atoms with E-state index in [1.807, 2.05) is 6.92 Å². The summed E-state index contributed by atoms with van der Waals surface area (Å²) >= 11 is 0. The molecule has 1 aliphatic carbocycles. The van der Waals surface area contributed by atoms with Crippen molar-refractivity contribution in [3.8, 4) is 5.75 Å². The van der Waals surface area contributed by atoms with Crippen molar-refractivity contribution in [2.75, 3.05) is 0 Å². The fourth-order valence-electron chi connectivity index (χ4n) is 2.33. The molecule has 0 atom stereocenters. The first-order chi connectivity index (χ1) is 11.1. The van der Waals surface area contributed by atoms with E-state index in [0.717, 1.165) is 5.56 Å². The number of ketones is 1. The molecule has 0 bridgehead atoms. The Balaban J connectivity index is 1.99. The maximum absolute atomic E-state index is 12.3. The van der Waals surface area contributed by atoms with Gasteiger partial charge in [0.25, 0.3) is 5.78 Å². The first kappa shape index (κ1) is 14.6. The SMILES string of the molecule is Cc1ccc(OC(=O)C2=Cc3ccccc3C(=O)C2=[N+]=[N-])cc1. The lowest BCUT2D eigenvalue weighted by atomic mass is 9.89. The summed E-state index contributed by atoms with van der Waals surface area (Å²) in [6, 6.07) is 13.7. The van der Waals surface area contributed by atoms with E-state index in [0.29, 0.717) is 16.9 Å². The third-order valence-electron chi connectivity index (χ3n) is 3.53. The van der Waals surface area contributed by atoms with Gasteiger partial charge in [-0.2, -0.15) is 4.79 Å². The number of ether oxygens (including phenoxy) is 1. The van der Waals surface area contributed by atoms with Crippen molar-refractivity contribution in [2.24, 2.45) is 0 Å². The lowest BCUT2D eigenvalue weighted by Gasteiger charge is -2.11. The van der Waals surface area contributed by atoms with Crippen molar-refractivity contribution in [1.29, 1.82) is 0 Å². The van der Waals surface area contributed by atoms with Gasteiger partial charge < -0.3 is 10.3 Å². The van der Waals surface area contributed by atoms with Crippen LogP contribution in [0, 0.1) is 6.92 Å². The highest BCUT2D eigenvalue weighted by Crippen LogP contribution is 2.23. The number of nitrogens with zero attached hydrogens (tertiary/aromatic N) is 2. The highest BCUT2D eigenvalue weighted by molar-refractivity contribution is 6.56. The van der Waals surface area contributed by atoms with Crippen molar-refractivity contribution < 1.29 is 19.1 Å². The quantitative estimate of drug-likeness (QED) is 0.370. The number of carbonyl (C=O) groups excluding carboxylic acids is 2. The molecule has 0 saturated heterocycles. The molecule has 0 saturated carbocycles. The summed E-state index contributed by atoms with van der Waals surface area (Å²) in [4.78, 5) is 27.6. The van der Waals surface area contributed by atoms with Crippen LogP contribution in [-0.4, -0.2) is 22.3 Å². The molecule has 2 aromatic rings. The van der Waals surface area contributed by atoms with Gasteiger partial charge in [-0.25, -0.2) is 4.79 Å². The molecular formula is C18H12N2O3. The second kappa shape index (κ2) is 5.83. The van der Waals surface area contributed by atoms with Crippen LogP contribution in [0.15, 0.2) is 54.1 Å². The Morgan fingerprint density at radius 2 is 1.78 bits per heavy atom. The predicted octanol–water partition coefficient (Wildman–Crippen LogP) is 2.85. The van der Waals surface area contributed by atoms with Crippen LogP contribution in [-0.2, 0) is 4.79 Å². The fraction of sp³-hybridized carbons (Fsp3) is 0.0556. The molecule has 0 spiro atoms. The van der Waals surface area contributed by atoms with Crippen molar-refractivity contribution in [3.05, 3.63) is 76.3 Å². The summed E-state index contributed by atoms with van der Waals surface area (Å²) in [5.74, 6) is -0.906. The minimum Gasteiger partial charge on any atom is -0.423 e. The maximum Gasteiger partial charge on any atom is 0.377 e. The predicted molar refractivity (Wildman–Crippen MR) is 84.2 cm³/mol. The van der Waals surface area contributed by atoms with Gasteiger partial charge in [0.15, 0.2) is 5.57 Å². The van der Waals surface area contributed by atoms with Gasteiger partial charge in [0.2, 0.25) is 0 Å². The highest BCUT2D eigenvalue weighted by Gasteiger charge is 2.37. The third kappa shape index (κ3) is 2.73. The number of hydrogen-bond acceptors (Lipinski definition) is 3. The lowest BCUT2D eigenvalue weighted by Crippen LogP contribution is -2.29. The smallest absolute Gasteiger partial charge is 0.377 e. The number of carbonyl (C=O) groups is 2. The molecule has 5 nitrogen and oxygen atoms in total. The number of aryl methyl sites for hydroxylation is 1. The molecular weight excluding hydrogens is 292 g/mol. The van der Waals surface area contributed by atoms with E-state index >= 15 is 0 Å². The molecule has 0 amide bonds. The minimum atomic E-state index is -0.746. The molecule has 2 aromatic carbocycles. The van der Waals surface area contributed by atoms with Crippen molar-refractivity contribution in [3.63, 3.8) is 0 Å². The summed E-state index contributed by atoms with van der Waals surface area (Å²) in [6.45, 7) is 1.92. The number of Topliss-reactive ketones (excluding diaryl/α,β-unsaturated/α-hetero) is 1. The van der Waals surface area contributed by atoms with Gasteiger partial charge in [0.05, 0.1) is 0 Å². The summed E-state index contributed by atoms with van der Waals surface area (Å²) in [6.07, 6.45) is 1.49. The monoisotopic (exact) mass is 304 g/mol. The van der Waals surface area contributed by atoms with Crippen molar-refractivity contribution in [2.45, 2.75) is 6.92 Å². The molecule has 0 aromatic heterocycles. The van der Waals surface area contributed by atoms with Gasteiger partial charge in [-0.1, -0.05) is 42.0 Å². The summed E-state index contributed by atoms with van der Waals surface area (Å²) in [5, 5.41) is 0. The van der Waals surface area contributed by atoms with Crippen molar-refractivity contribution in [1.82, 2.24) is 0 Å². The number of fused-ring (bicyclic) bond motifs is 1. The number of benzene rings is 2. The van der Waals surface area contributed by atoms with E-state index in [1.165, 1.54) is 6.08 Å². The fourth-order valence-corrected chi connectivity index (χ4v) is 2.33. The van der Waals surface area contributed by atoms with Gasteiger partial charge in [0, 0.05) is 5.56 Å². The largest absolute Gasteiger partial charge is 0.423 e. The zero-order chi connectivity index (χ0) is 16.4. The first-order valence-electron chi connectivity index (χ1n) is 6.97. The second-order valence-electron chi connectivity index (χ2n) is 5.13. The van der Waals surface area contributed by atoms with E-state index < -0.39 is 11.8 Å². The van der Waals surface area contributed by atoms with Crippen LogP contribution in [0.1, 0.15) is 21.5 Å². The molecule has 1 aliphatic rings. The molecule has 112 valence electrons. The number of hydrogen-bond donors (Lipinski definition) is 0. The van der Waals surface area contributed by atoms with Crippen LogP contribution < -0.4 is 4.74 Å². The van der Waals surface area contributed by atoms with Crippen LogP contribution in [0.4, 0.5) is 0 Å². The lowest BCUT2D eigenvalue weighted by molar-refractivity contribution is -0.129. The van der Waals surface area contributed by atoms with Gasteiger partial charge in [-0.3, -0.25) is 4.79 Å². The number of esters is 1. The Labute approximate surface area is 132 Å². The van der Waals surface area contributed by atoms with Crippen LogP contribution >= 0.6 is 0 Å². The summed E-state index contributed by atoms with van der Waals surface area (Å²) < 4.78 is 5.25. The minimum absolute atomic E-state index is 0.0724. The molecule has 0 N–H and O–H groups in total. The second-order valence-corrected chi connectivity index (χ2v) is 5.13. The zero-order valence-electron chi connectivity index (χ0n) is 12.3. The average Bonchev–Trinajstić information content (AvgIpc) is 2.57. The van der Waals surface area contributed by atoms with E-state index in [-0.39, 0.29) is 11.3 Å². The van der Waals surface area contributed by atoms with Crippen LogP contribution in [0.3, 0.4) is 0 Å². The molecule has 0 radical (unpaired) electrons. The first-order valence-corrected chi connectivity index (χ1v) is 6.97. The summed E-state index contributed by atoms with van der Waals surface area (Å²) in [7, 11) is 0. The number of rotatable bonds is 2. The van der Waals surface area contributed by atoms with Gasteiger partial charge in [-0.05, 0) is 30.7 Å². The van der Waals surface area contributed by atoms with E-state index in [2.05, 4.69) is 4.79 Å². The van der Waals surface area contributed by atoms with Crippen LogP contribution in [0.2, 0.25) is 0 Å². The Kier molecular flexibility index (Phi) is 3.71. The zero-order valence-corrected chi connectivity index (χ0v) is 12.3. The van der Waals surface area contributed by atoms with Gasteiger partial charge in [0.1, 0.15) is 5.75 Å². The Bertz CT molecular complexity index is 889. The normalized spacial score (nSPS) is 13.0. The van der Waals surface area contributed by atoms with Crippen LogP contribution in [0.25, 0.3) is 11.6 Å². The van der Waals surface area contributed by atoms with Crippen LogP contribution in [0.5, 0.6) is 5.75 Å². The molecule has 0 aliphatic heterocycles. The topological polar surface area (TPSA) is 79.8 Å². The Hall–Kier alpha value is -3.30. The van der Waals surface area contributed by atoms with Gasteiger partial charge >= 0.3 is 11.7 Å². The van der Waals surface area contributed by atoms with Crippen molar-refractivity contribution >= 4 is 23.5 Å². The molecule has 0 heterocycles. The average molecular weight is 304 g/mol. The Morgan fingerprint density at radius 1 is 1.09 bits per heavy atom.